The standard InChI is InChI=1S/C10H7FO2.C7H5FO2.C3H5ClO/c1-6(12)9-5-7-3-2-4-8(11)10(7)13-9;8-6-3-1-2-5(4-9)7(6)10;1-3(5)2-4/h2-5H,1H3;1-4,10H;2H2,1H3. The lowest BCUT2D eigenvalue weighted by atomic mass is 10.2. The van der Waals surface area contributed by atoms with E-state index in [9.17, 15) is 23.2 Å². The number of alkyl halides is 1. The Morgan fingerprint density at radius 2 is 1.68 bits per heavy atom. The van der Waals surface area contributed by atoms with E-state index in [2.05, 4.69) is 0 Å². The fourth-order valence-corrected chi connectivity index (χ4v) is 1.83. The minimum Gasteiger partial charge on any atom is -0.504 e. The van der Waals surface area contributed by atoms with E-state index in [1.54, 1.807) is 18.2 Å². The molecule has 2 aromatic carbocycles. The van der Waals surface area contributed by atoms with E-state index in [1.807, 2.05) is 0 Å². The van der Waals surface area contributed by atoms with Gasteiger partial charge in [0.2, 0.25) is 0 Å². The quantitative estimate of drug-likeness (QED) is 0.376. The van der Waals surface area contributed by atoms with Crippen molar-refractivity contribution in [1.29, 1.82) is 0 Å². The average molecular weight is 411 g/mol. The number of carbonyl (C=O) groups is 3. The highest BCUT2D eigenvalue weighted by Crippen LogP contribution is 2.22. The Morgan fingerprint density at radius 1 is 1.11 bits per heavy atom. The van der Waals surface area contributed by atoms with Crippen LogP contribution in [0.25, 0.3) is 11.0 Å². The molecule has 0 spiro atoms. The fraction of sp³-hybridized carbons (Fsp3) is 0.150. The molecule has 1 N–H and O–H groups in total. The zero-order valence-corrected chi connectivity index (χ0v) is 15.8. The molecule has 5 nitrogen and oxygen atoms in total. The molecule has 0 saturated heterocycles. The number of rotatable bonds is 3. The summed E-state index contributed by atoms with van der Waals surface area (Å²) < 4.78 is 30.5. The summed E-state index contributed by atoms with van der Waals surface area (Å²) in [4.78, 5) is 30.6. The summed E-state index contributed by atoms with van der Waals surface area (Å²) >= 11 is 4.99. The first-order chi connectivity index (χ1) is 13.2. The van der Waals surface area contributed by atoms with E-state index in [0.717, 1.165) is 6.07 Å². The molecule has 0 bridgehead atoms. The molecule has 1 aromatic heterocycles. The summed E-state index contributed by atoms with van der Waals surface area (Å²) in [6.07, 6.45) is 0.401. The van der Waals surface area contributed by atoms with Crippen LogP contribution in [0.5, 0.6) is 5.75 Å². The number of fused-ring (bicyclic) bond motifs is 1. The number of benzene rings is 2. The van der Waals surface area contributed by atoms with Crippen LogP contribution in [0, 0.1) is 11.6 Å². The van der Waals surface area contributed by atoms with Crippen molar-refractivity contribution in [2.45, 2.75) is 13.8 Å². The number of phenols is 1. The fourth-order valence-electron chi connectivity index (χ4n) is 1.83. The number of carbonyl (C=O) groups excluding carboxylic acids is 3. The van der Waals surface area contributed by atoms with E-state index >= 15 is 0 Å². The molecule has 0 amide bonds. The van der Waals surface area contributed by atoms with Gasteiger partial charge in [0.25, 0.3) is 0 Å². The van der Waals surface area contributed by atoms with Gasteiger partial charge in [-0.3, -0.25) is 14.4 Å². The molecule has 0 aliphatic rings. The number of ketones is 2. The number of Topliss-reactive ketones (excluding diaryl/α,β-unsaturated/α-hetero) is 2. The van der Waals surface area contributed by atoms with Crippen LogP contribution in [-0.4, -0.2) is 28.8 Å². The number of para-hydroxylation sites is 2. The summed E-state index contributed by atoms with van der Waals surface area (Å²) in [5.41, 5.74) is 0.118. The molecular weight excluding hydrogens is 394 g/mol. The third kappa shape index (κ3) is 6.59. The maximum absolute atomic E-state index is 13.1. The van der Waals surface area contributed by atoms with E-state index in [0.29, 0.717) is 11.7 Å². The van der Waals surface area contributed by atoms with Crippen LogP contribution in [0.1, 0.15) is 34.8 Å². The maximum atomic E-state index is 13.1. The maximum Gasteiger partial charge on any atom is 0.194 e. The number of aldehydes is 1. The molecule has 0 atom stereocenters. The summed E-state index contributed by atoms with van der Waals surface area (Å²) in [7, 11) is 0. The second kappa shape index (κ2) is 10.9. The van der Waals surface area contributed by atoms with Gasteiger partial charge in [0.05, 0.1) is 11.4 Å². The SMILES string of the molecule is CC(=O)CCl.CC(=O)c1cc2cccc(F)c2o1.O=Cc1cccc(F)c1O. The van der Waals surface area contributed by atoms with Crippen LogP contribution in [0.2, 0.25) is 0 Å². The predicted octanol–water partition coefficient (Wildman–Crippen LogP) is 4.93. The number of furan rings is 1. The highest BCUT2D eigenvalue weighted by atomic mass is 35.5. The monoisotopic (exact) mass is 410 g/mol. The zero-order valence-electron chi connectivity index (χ0n) is 15.0. The van der Waals surface area contributed by atoms with Crippen LogP contribution in [-0.2, 0) is 4.79 Å². The highest BCUT2D eigenvalue weighted by molar-refractivity contribution is 6.27. The van der Waals surface area contributed by atoms with Gasteiger partial charge in [-0.1, -0.05) is 18.2 Å². The highest BCUT2D eigenvalue weighted by Gasteiger charge is 2.10. The van der Waals surface area contributed by atoms with Gasteiger partial charge < -0.3 is 9.52 Å². The normalized spacial score (nSPS) is 9.61. The lowest BCUT2D eigenvalue weighted by Gasteiger charge is -1.95. The van der Waals surface area contributed by atoms with Crippen molar-refractivity contribution >= 4 is 40.4 Å². The third-order valence-corrected chi connectivity index (χ3v) is 3.55. The minimum absolute atomic E-state index is 0.0201. The summed E-state index contributed by atoms with van der Waals surface area (Å²) in [5, 5.41) is 9.41. The molecule has 3 rings (SSSR count). The number of halogens is 3. The Hall–Kier alpha value is -3.06. The van der Waals surface area contributed by atoms with Gasteiger partial charge in [-0.05, 0) is 31.2 Å². The lowest BCUT2D eigenvalue weighted by Crippen LogP contribution is -1.86. The Kier molecular flexibility index (Phi) is 8.98. The van der Waals surface area contributed by atoms with E-state index in [4.69, 9.17) is 21.1 Å². The molecule has 0 fully saturated rings. The number of hydrogen-bond donors (Lipinski definition) is 1. The van der Waals surface area contributed by atoms with Gasteiger partial charge in [-0.25, -0.2) is 8.78 Å². The van der Waals surface area contributed by atoms with E-state index in [-0.39, 0.29) is 34.4 Å². The Bertz CT molecular complexity index is 982. The third-order valence-electron chi connectivity index (χ3n) is 3.18. The molecule has 0 aliphatic carbocycles. The van der Waals surface area contributed by atoms with Gasteiger partial charge >= 0.3 is 0 Å². The largest absolute Gasteiger partial charge is 0.504 e. The summed E-state index contributed by atoms with van der Waals surface area (Å²) in [5.74, 6) is -1.64. The second-order valence-corrected chi connectivity index (χ2v) is 5.72. The van der Waals surface area contributed by atoms with Crippen LogP contribution >= 0.6 is 11.6 Å². The van der Waals surface area contributed by atoms with Gasteiger partial charge in [-0.15, -0.1) is 11.6 Å². The first-order valence-corrected chi connectivity index (χ1v) is 8.41. The van der Waals surface area contributed by atoms with Crippen molar-refractivity contribution in [3.05, 3.63) is 65.4 Å². The smallest absolute Gasteiger partial charge is 0.194 e. The van der Waals surface area contributed by atoms with Crippen molar-refractivity contribution < 1.29 is 32.7 Å². The predicted molar refractivity (Wildman–Crippen MR) is 101 cm³/mol. The van der Waals surface area contributed by atoms with Crippen molar-refractivity contribution in [3.8, 4) is 5.75 Å². The zero-order chi connectivity index (χ0) is 21.3. The molecule has 0 unspecified atom stereocenters. The molecule has 0 saturated carbocycles. The average Bonchev–Trinajstić information content (AvgIpc) is 3.11. The van der Waals surface area contributed by atoms with Crippen LogP contribution in [0.15, 0.2) is 46.9 Å². The topological polar surface area (TPSA) is 84.6 Å². The van der Waals surface area contributed by atoms with Crippen molar-refractivity contribution in [2.24, 2.45) is 0 Å². The molecular formula is C20H17ClF2O5. The second-order valence-electron chi connectivity index (χ2n) is 5.46. The molecule has 3 aromatic rings. The van der Waals surface area contributed by atoms with Gasteiger partial charge in [0.15, 0.2) is 40.8 Å². The lowest BCUT2D eigenvalue weighted by molar-refractivity contribution is -0.114. The molecule has 148 valence electrons. The van der Waals surface area contributed by atoms with Crippen molar-refractivity contribution in [2.75, 3.05) is 5.88 Å². The summed E-state index contributed by atoms with van der Waals surface area (Å²) in [6, 6.07) is 9.91. The first kappa shape index (κ1) is 23.0. The van der Waals surface area contributed by atoms with Gasteiger partial charge in [0, 0.05) is 12.3 Å². The Morgan fingerprint density at radius 3 is 2.14 bits per heavy atom. The number of phenolic OH excluding ortho intramolecular Hbond substituents is 1. The molecule has 28 heavy (non-hydrogen) atoms. The van der Waals surface area contributed by atoms with Gasteiger partial charge in [-0.2, -0.15) is 0 Å². The molecule has 8 heteroatoms. The van der Waals surface area contributed by atoms with E-state index < -0.39 is 17.4 Å². The molecule has 0 radical (unpaired) electrons. The molecule has 0 aliphatic heterocycles. The van der Waals surface area contributed by atoms with Gasteiger partial charge in [0.1, 0.15) is 5.78 Å². The van der Waals surface area contributed by atoms with Crippen LogP contribution in [0.3, 0.4) is 0 Å². The van der Waals surface area contributed by atoms with Crippen molar-refractivity contribution in [3.63, 3.8) is 0 Å². The van der Waals surface area contributed by atoms with Crippen LogP contribution in [0.4, 0.5) is 8.78 Å². The van der Waals surface area contributed by atoms with E-state index in [1.165, 1.54) is 32.0 Å². The molecule has 1 heterocycles. The minimum atomic E-state index is -0.774. The first-order valence-electron chi connectivity index (χ1n) is 7.88. The Labute approximate surface area is 164 Å². The summed E-state index contributed by atoms with van der Waals surface area (Å²) in [6.45, 7) is 2.84. The number of hydrogen-bond acceptors (Lipinski definition) is 5. The Balaban J connectivity index is 0.000000233. The van der Waals surface area contributed by atoms with Crippen molar-refractivity contribution in [1.82, 2.24) is 0 Å². The number of aromatic hydroxyl groups is 1. The van der Waals surface area contributed by atoms with Crippen LogP contribution < -0.4 is 0 Å².